The number of nitrogens with zero attached hydrogens (tertiary/aromatic N) is 4. The second-order valence-corrected chi connectivity index (χ2v) is 8.59. The number of carbonyl (C=O) groups is 1. The van der Waals surface area contributed by atoms with E-state index in [1.165, 1.54) is 25.2 Å². The van der Waals surface area contributed by atoms with Crippen LogP contribution in [0.5, 0.6) is 5.88 Å². The molecular weight excluding hydrogens is 503 g/mol. The number of β-amino-alcohol motifs (C(OH)–C–C–N with tert-alkyl or cyclic N) is 1. The van der Waals surface area contributed by atoms with E-state index in [1.54, 1.807) is 13.0 Å². The summed E-state index contributed by atoms with van der Waals surface area (Å²) < 4.78 is 34.3. The summed E-state index contributed by atoms with van der Waals surface area (Å²) in [6.45, 7) is 2.89. The van der Waals surface area contributed by atoms with Gasteiger partial charge in [0.15, 0.2) is 0 Å². The molecule has 0 saturated carbocycles. The summed E-state index contributed by atoms with van der Waals surface area (Å²) in [4.78, 5) is 24.7. The first kappa shape index (κ1) is 28.8. The number of pyridine rings is 1. The fourth-order valence-corrected chi connectivity index (χ4v) is 3.85. The van der Waals surface area contributed by atoms with Gasteiger partial charge in [-0.15, -0.1) is 0 Å². The van der Waals surface area contributed by atoms with E-state index >= 15 is 0 Å². The Morgan fingerprint density at radius 1 is 1.20 bits per heavy atom. The summed E-state index contributed by atoms with van der Waals surface area (Å²) in [5.74, 6) is -0.938. The summed E-state index contributed by atoms with van der Waals surface area (Å²) in [6.07, 6.45) is 4.30. The molecule has 0 aliphatic carbocycles. The molecular formula is C22H19KN4O7S. The number of aromatic nitrogens is 1. The Kier molecular flexibility index (Phi) is 9.51. The Morgan fingerprint density at radius 2 is 1.83 bits per heavy atom. The SMILES string of the molecule is CC1=NN(CCO)C(=O)C1=CC=Cc1c(C)c(C#N)c(=O)n(-c2ccc(S(=O)(=O)[O-])cc2)c1O.[K+]. The monoisotopic (exact) mass is 522 g/mol. The maximum absolute atomic E-state index is 12.8. The van der Waals surface area contributed by atoms with Crippen LogP contribution >= 0.6 is 0 Å². The molecule has 2 N–H and O–H groups in total. The van der Waals surface area contributed by atoms with Crippen molar-refractivity contribution in [3.8, 4) is 17.6 Å². The summed E-state index contributed by atoms with van der Waals surface area (Å²) in [5.41, 5.74) is -0.0486. The van der Waals surface area contributed by atoms with E-state index in [0.717, 1.165) is 33.8 Å². The summed E-state index contributed by atoms with van der Waals surface area (Å²) in [5, 5.41) is 34.5. The van der Waals surface area contributed by atoms with Gasteiger partial charge >= 0.3 is 51.4 Å². The molecule has 13 heteroatoms. The molecule has 0 unspecified atom stereocenters. The smallest absolute Gasteiger partial charge is 0.744 e. The molecule has 2 aromatic rings. The van der Waals surface area contributed by atoms with Gasteiger partial charge in [-0.3, -0.25) is 9.59 Å². The van der Waals surface area contributed by atoms with Crippen LogP contribution in [0.4, 0.5) is 0 Å². The average Bonchev–Trinajstić information content (AvgIpc) is 3.03. The fraction of sp³-hybridized carbons (Fsp3) is 0.182. The van der Waals surface area contributed by atoms with E-state index in [4.69, 9.17) is 5.11 Å². The number of carbonyl (C=O) groups excluding carboxylic acids is 1. The molecule has 1 aromatic carbocycles. The Bertz CT molecular complexity index is 1470. The third kappa shape index (κ3) is 5.88. The summed E-state index contributed by atoms with van der Waals surface area (Å²) in [7, 11) is -4.71. The molecule has 0 radical (unpaired) electrons. The van der Waals surface area contributed by atoms with Crippen molar-refractivity contribution in [2.24, 2.45) is 5.10 Å². The zero-order valence-corrected chi connectivity index (χ0v) is 23.0. The minimum Gasteiger partial charge on any atom is -0.744 e. The number of hydrogen-bond acceptors (Lipinski definition) is 9. The van der Waals surface area contributed by atoms with Crippen LogP contribution in [0.3, 0.4) is 0 Å². The van der Waals surface area contributed by atoms with Crippen molar-refractivity contribution in [2.45, 2.75) is 18.7 Å². The molecule has 2 heterocycles. The number of hydrazone groups is 1. The van der Waals surface area contributed by atoms with E-state index in [9.17, 15) is 32.9 Å². The molecule has 0 fully saturated rings. The van der Waals surface area contributed by atoms with Crippen molar-refractivity contribution in [1.82, 2.24) is 9.58 Å². The number of allylic oxidation sites excluding steroid dienone is 2. The Morgan fingerprint density at radius 3 is 2.37 bits per heavy atom. The van der Waals surface area contributed by atoms with Crippen molar-refractivity contribution in [3.05, 3.63) is 69.0 Å². The molecule has 0 spiro atoms. The normalized spacial score (nSPS) is 14.8. The molecule has 1 amide bonds. The van der Waals surface area contributed by atoms with Crippen LogP contribution in [0.15, 0.2) is 56.8 Å². The molecule has 1 aromatic heterocycles. The maximum Gasteiger partial charge on any atom is 1.00 e. The van der Waals surface area contributed by atoms with Crippen molar-refractivity contribution >= 4 is 27.8 Å². The van der Waals surface area contributed by atoms with E-state index in [2.05, 4.69) is 5.10 Å². The zero-order valence-electron chi connectivity index (χ0n) is 19.1. The van der Waals surface area contributed by atoms with Crippen molar-refractivity contribution in [3.63, 3.8) is 0 Å². The molecule has 1 aliphatic rings. The Hall–Kier alpha value is -2.41. The molecule has 11 nitrogen and oxygen atoms in total. The van der Waals surface area contributed by atoms with Gasteiger partial charge in [0.1, 0.15) is 21.8 Å². The first-order valence-electron chi connectivity index (χ1n) is 9.83. The second kappa shape index (κ2) is 11.5. The van der Waals surface area contributed by atoms with Gasteiger partial charge in [-0.2, -0.15) is 10.4 Å². The van der Waals surface area contributed by atoms with E-state index < -0.39 is 32.4 Å². The maximum atomic E-state index is 12.8. The fourth-order valence-electron chi connectivity index (χ4n) is 3.38. The van der Waals surface area contributed by atoms with Crippen LogP contribution in [0.2, 0.25) is 0 Å². The van der Waals surface area contributed by atoms with Crippen LogP contribution in [-0.2, 0) is 14.9 Å². The standard InChI is InChI=1S/C22H20N4O7S.K/c1-13-17(4-3-5-18-14(2)24-25(10-11-27)20(18)28)21(29)26(22(30)19(13)12-23)15-6-8-16(9-7-15)34(31,32)33;/h3-9,27,29H,10-11H2,1-2H3,(H,31,32,33);/q;+1/p-1. The number of rotatable bonds is 6. The molecule has 3 rings (SSSR count). The molecule has 1 aliphatic heterocycles. The van der Waals surface area contributed by atoms with Crippen molar-refractivity contribution in [1.29, 1.82) is 5.26 Å². The van der Waals surface area contributed by atoms with Crippen LogP contribution in [0, 0.1) is 18.3 Å². The number of aromatic hydroxyl groups is 1. The van der Waals surface area contributed by atoms with Gasteiger partial charge in [-0.05, 0) is 55.8 Å². The predicted octanol–water partition coefficient (Wildman–Crippen LogP) is -2.22. The third-order valence-corrected chi connectivity index (χ3v) is 5.96. The number of amides is 1. The van der Waals surface area contributed by atoms with Gasteiger partial charge in [0.25, 0.3) is 11.5 Å². The number of nitriles is 1. The molecule has 35 heavy (non-hydrogen) atoms. The minimum absolute atomic E-state index is 0. The Labute approximate surface area is 243 Å². The van der Waals surface area contributed by atoms with Gasteiger partial charge in [0, 0.05) is 5.56 Å². The Balaban J connectivity index is 0.00000432. The van der Waals surface area contributed by atoms with Crippen LogP contribution in [-0.4, -0.2) is 57.5 Å². The first-order valence-corrected chi connectivity index (χ1v) is 11.2. The first-order chi connectivity index (χ1) is 16.0. The predicted molar refractivity (Wildman–Crippen MR) is 120 cm³/mol. The summed E-state index contributed by atoms with van der Waals surface area (Å²) >= 11 is 0. The third-order valence-electron chi connectivity index (χ3n) is 5.11. The largest absolute Gasteiger partial charge is 1.00 e. The van der Waals surface area contributed by atoms with Gasteiger partial charge in [-0.25, -0.2) is 18.0 Å². The van der Waals surface area contributed by atoms with E-state index in [0.29, 0.717) is 5.71 Å². The van der Waals surface area contributed by atoms with Gasteiger partial charge < -0.3 is 14.8 Å². The van der Waals surface area contributed by atoms with Gasteiger partial charge in [0.2, 0.25) is 5.88 Å². The van der Waals surface area contributed by atoms with E-state index in [-0.39, 0.29) is 92.5 Å². The van der Waals surface area contributed by atoms with Crippen LogP contribution in [0.25, 0.3) is 11.8 Å². The quantitative estimate of drug-likeness (QED) is 0.244. The van der Waals surface area contributed by atoms with Crippen LogP contribution < -0.4 is 56.9 Å². The number of aliphatic hydroxyl groups excluding tert-OH is 1. The van der Waals surface area contributed by atoms with E-state index in [1.807, 2.05) is 0 Å². The number of aliphatic hydroxyl groups is 1. The van der Waals surface area contributed by atoms with Crippen molar-refractivity contribution in [2.75, 3.05) is 13.2 Å². The minimum atomic E-state index is -4.71. The van der Waals surface area contributed by atoms with Gasteiger partial charge in [0.05, 0.1) is 35.0 Å². The number of benzene rings is 1. The molecule has 0 bridgehead atoms. The van der Waals surface area contributed by atoms with Crippen molar-refractivity contribution < 1.29 is 79.4 Å². The number of hydrogen-bond donors (Lipinski definition) is 2. The topological polar surface area (TPSA) is 176 Å². The summed E-state index contributed by atoms with van der Waals surface area (Å²) in [6, 6.07) is 6.09. The molecule has 176 valence electrons. The molecule has 0 atom stereocenters. The molecule has 0 saturated heterocycles. The average molecular weight is 523 g/mol. The van der Waals surface area contributed by atoms with Gasteiger partial charge in [-0.1, -0.05) is 6.08 Å². The zero-order chi connectivity index (χ0) is 25.2. The van der Waals surface area contributed by atoms with Crippen LogP contribution in [0.1, 0.15) is 23.6 Å². The second-order valence-electron chi connectivity index (χ2n) is 7.21.